The van der Waals surface area contributed by atoms with E-state index in [2.05, 4.69) is 25.9 Å². The minimum Gasteiger partial charge on any atom is -0.359 e. The lowest BCUT2D eigenvalue weighted by atomic mass is 10.2. The number of rotatable bonds is 3. The number of hydrogen-bond donors (Lipinski definition) is 2. The monoisotopic (exact) mass is 282 g/mol. The van der Waals surface area contributed by atoms with E-state index in [0.29, 0.717) is 6.07 Å². The molecule has 0 fully saturated rings. The maximum absolute atomic E-state index is 13.2. The molecule has 6 nitrogen and oxygen atoms in total. The highest BCUT2D eigenvalue weighted by molar-refractivity contribution is 6.33. The van der Waals surface area contributed by atoms with Gasteiger partial charge in [-0.05, 0) is 11.3 Å². The second kappa shape index (κ2) is 5.41. The first kappa shape index (κ1) is 12.9. The summed E-state index contributed by atoms with van der Waals surface area (Å²) in [6, 6.07) is 3.45. The molecule has 19 heavy (non-hydrogen) atoms. The molecule has 2 N–H and O–H groups in total. The average molecular weight is 283 g/mol. The summed E-state index contributed by atoms with van der Waals surface area (Å²) in [7, 11) is 0. The number of hydrogen-bond acceptors (Lipinski definition) is 5. The van der Waals surface area contributed by atoms with Crippen molar-refractivity contribution in [2.24, 2.45) is 0 Å². The van der Waals surface area contributed by atoms with Crippen LogP contribution in [0.15, 0.2) is 18.3 Å². The van der Waals surface area contributed by atoms with E-state index in [1.54, 1.807) is 6.07 Å². The van der Waals surface area contributed by atoms with Crippen molar-refractivity contribution >= 4 is 22.9 Å². The van der Waals surface area contributed by atoms with Crippen molar-refractivity contribution in [1.29, 1.82) is 5.26 Å². The van der Waals surface area contributed by atoms with E-state index < -0.39 is 11.6 Å². The lowest BCUT2D eigenvalue weighted by molar-refractivity contribution is 0.584. The third-order valence-electron chi connectivity index (χ3n) is 2.07. The molecule has 0 bridgehead atoms. The molecule has 0 saturated carbocycles. The molecule has 1 heterocycles. The van der Waals surface area contributed by atoms with Crippen molar-refractivity contribution in [3.8, 4) is 6.07 Å². The molecular weight excluding hydrogens is 278 g/mol. The van der Waals surface area contributed by atoms with Crippen LogP contribution < -0.4 is 5.32 Å². The summed E-state index contributed by atoms with van der Waals surface area (Å²) < 4.78 is 26.2. The summed E-state index contributed by atoms with van der Waals surface area (Å²) in [4.78, 5) is 0. The molecule has 0 unspecified atom stereocenters. The zero-order valence-corrected chi connectivity index (χ0v) is 9.91. The Balaban J connectivity index is 2.30. The van der Waals surface area contributed by atoms with Gasteiger partial charge in [0.1, 0.15) is 23.3 Å². The second-order valence-corrected chi connectivity index (χ2v) is 3.68. The van der Waals surface area contributed by atoms with Gasteiger partial charge in [0.2, 0.25) is 5.82 Å². The number of aromatic amines is 1. The van der Waals surface area contributed by atoms with E-state index in [9.17, 15) is 8.78 Å². The number of allylic oxidation sites excluding steroid dienone is 1. The largest absolute Gasteiger partial charge is 0.359 e. The topological polar surface area (TPSA) is 90.3 Å². The number of nitrogens with one attached hydrogen (secondary N) is 2. The molecule has 0 amide bonds. The fraction of sp³-hybridized carbons (Fsp3) is 0. The summed E-state index contributed by atoms with van der Waals surface area (Å²) in [5, 5.41) is 23.8. The van der Waals surface area contributed by atoms with Crippen LogP contribution in [0.3, 0.4) is 0 Å². The predicted molar refractivity (Wildman–Crippen MR) is 62.8 cm³/mol. The van der Waals surface area contributed by atoms with Crippen LogP contribution in [0.5, 0.6) is 0 Å². The Labute approximate surface area is 110 Å². The fourth-order valence-electron chi connectivity index (χ4n) is 1.23. The van der Waals surface area contributed by atoms with Crippen LogP contribution in [0.2, 0.25) is 5.02 Å². The maximum Gasteiger partial charge on any atom is 0.216 e. The van der Waals surface area contributed by atoms with Gasteiger partial charge in [0.25, 0.3) is 0 Å². The smallest absolute Gasteiger partial charge is 0.216 e. The van der Waals surface area contributed by atoms with E-state index >= 15 is 0 Å². The summed E-state index contributed by atoms with van der Waals surface area (Å²) in [6.07, 6.45) is 1.17. The van der Waals surface area contributed by atoms with Crippen LogP contribution in [0.4, 0.5) is 14.5 Å². The van der Waals surface area contributed by atoms with Gasteiger partial charge in [0.15, 0.2) is 0 Å². The van der Waals surface area contributed by atoms with Crippen molar-refractivity contribution in [2.75, 3.05) is 5.32 Å². The average Bonchev–Trinajstić information content (AvgIpc) is 2.89. The molecule has 1 aromatic heterocycles. The number of tetrazole rings is 1. The Kier molecular flexibility index (Phi) is 3.68. The van der Waals surface area contributed by atoms with E-state index in [4.69, 9.17) is 16.9 Å². The van der Waals surface area contributed by atoms with Gasteiger partial charge in [-0.15, -0.1) is 10.2 Å². The minimum absolute atomic E-state index is 0.0181. The molecule has 0 saturated heterocycles. The molecule has 0 radical (unpaired) electrons. The Morgan fingerprint density at radius 2 is 2.26 bits per heavy atom. The molecule has 0 atom stereocenters. The van der Waals surface area contributed by atoms with Crippen LogP contribution in [-0.2, 0) is 0 Å². The van der Waals surface area contributed by atoms with E-state index in [-0.39, 0.29) is 22.1 Å². The molecule has 0 aliphatic carbocycles. The van der Waals surface area contributed by atoms with Gasteiger partial charge in [0.05, 0.1) is 10.7 Å². The number of benzene rings is 1. The Bertz CT molecular complexity index is 661. The number of nitriles is 1. The Morgan fingerprint density at radius 1 is 1.47 bits per heavy atom. The van der Waals surface area contributed by atoms with Crippen molar-refractivity contribution in [3.63, 3.8) is 0 Å². The summed E-state index contributed by atoms with van der Waals surface area (Å²) in [6.45, 7) is 0. The number of H-pyrrole nitrogens is 1. The standard InChI is InChI=1S/C10H5ClF2N6/c11-9-7(13)1-6(12)2-8(9)15-4-5(3-14)10-16-18-19-17-10/h1-2,4,15H,(H,16,17,18,19). The van der Waals surface area contributed by atoms with Gasteiger partial charge >= 0.3 is 0 Å². The zero-order valence-electron chi connectivity index (χ0n) is 9.15. The fourth-order valence-corrected chi connectivity index (χ4v) is 1.40. The number of halogens is 3. The van der Waals surface area contributed by atoms with Crippen LogP contribution >= 0.6 is 11.6 Å². The molecular formula is C10H5ClF2N6. The lowest BCUT2D eigenvalue weighted by Crippen LogP contribution is -1.96. The van der Waals surface area contributed by atoms with Gasteiger partial charge in [-0.1, -0.05) is 11.6 Å². The number of aromatic nitrogens is 4. The Hall–Kier alpha value is -2.53. The quantitative estimate of drug-likeness (QED) is 0.664. The first-order chi connectivity index (χ1) is 9.11. The lowest BCUT2D eigenvalue weighted by Gasteiger charge is -2.05. The van der Waals surface area contributed by atoms with E-state index in [1.807, 2.05) is 0 Å². The van der Waals surface area contributed by atoms with Gasteiger partial charge in [0, 0.05) is 12.3 Å². The third kappa shape index (κ3) is 2.83. The molecule has 0 aliphatic rings. The minimum atomic E-state index is -0.907. The highest BCUT2D eigenvalue weighted by Crippen LogP contribution is 2.26. The van der Waals surface area contributed by atoms with Gasteiger partial charge in [-0.25, -0.2) is 8.78 Å². The second-order valence-electron chi connectivity index (χ2n) is 3.30. The van der Waals surface area contributed by atoms with Crippen LogP contribution in [0.1, 0.15) is 5.82 Å². The normalized spacial score (nSPS) is 11.2. The van der Waals surface area contributed by atoms with Crippen molar-refractivity contribution in [1.82, 2.24) is 20.6 Å². The van der Waals surface area contributed by atoms with Gasteiger partial charge in [-0.2, -0.15) is 10.5 Å². The summed E-state index contributed by atoms with van der Waals surface area (Å²) >= 11 is 5.65. The van der Waals surface area contributed by atoms with Gasteiger partial charge in [-0.3, -0.25) is 0 Å². The van der Waals surface area contributed by atoms with Crippen LogP contribution in [-0.4, -0.2) is 20.6 Å². The highest BCUT2D eigenvalue weighted by Gasteiger charge is 2.10. The maximum atomic E-state index is 13.2. The first-order valence-corrected chi connectivity index (χ1v) is 5.24. The molecule has 2 aromatic rings. The molecule has 2 rings (SSSR count). The zero-order chi connectivity index (χ0) is 13.8. The molecule has 0 aliphatic heterocycles. The summed E-state index contributed by atoms with van der Waals surface area (Å²) in [5.41, 5.74) is 0.00453. The molecule has 1 aromatic carbocycles. The summed E-state index contributed by atoms with van der Waals surface area (Å²) in [5.74, 6) is -1.66. The van der Waals surface area contributed by atoms with Crippen molar-refractivity contribution in [2.45, 2.75) is 0 Å². The van der Waals surface area contributed by atoms with Crippen molar-refractivity contribution in [3.05, 3.63) is 40.8 Å². The van der Waals surface area contributed by atoms with Gasteiger partial charge < -0.3 is 5.32 Å². The van der Waals surface area contributed by atoms with E-state index in [1.165, 1.54) is 6.20 Å². The molecule has 9 heteroatoms. The Morgan fingerprint density at radius 3 is 2.89 bits per heavy atom. The van der Waals surface area contributed by atoms with Crippen LogP contribution in [0, 0.1) is 23.0 Å². The molecule has 0 spiro atoms. The molecule has 96 valence electrons. The number of anilines is 1. The third-order valence-corrected chi connectivity index (χ3v) is 2.46. The van der Waals surface area contributed by atoms with Crippen LogP contribution in [0.25, 0.3) is 5.57 Å². The van der Waals surface area contributed by atoms with Crippen molar-refractivity contribution < 1.29 is 8.78 Å². The predicted octanol–water partition coefficient (Wildman–Crippen LogP) is 2.11. The first-order valence-electron chi connectivity index (χ1n) is 4.87. The van der Waals surface area contributed by atoms with E-state index in [0.717, 1.165) is 6.07 Å². The number of nitrogens with zero attached hydrogens (tertiary/aromatic N) is 4. The highest BCUT2D eigenvalue weighted by atomic mass is 35.5. The SMILES string of the molecule is N#CC(=CNc1cc(F)cc(F)c1Cl)c1nn[nH]n1.